The number of aromatic nitrogens is 1. The monoisotopic (exact) mass is 470 g/mol. The number of nitrogens with zero attached hydrogens (tertiary/aromatic N) is 1. The third-order valence-electron chi connectivity index (χ3n) is 6.25. The lowest BCUT2D eigenvalue weighted by atomic mass is 10.1. The molecule has 34 heavy (non-hydrogen) atoms. The molecule has 0 unspecified atom stereocenters. The first-order chi connectivity index (χ1) is 16.3. The molecule has 0 saturated carbocycles. The average molecular weight is 471 g/mol. The Hall–Kier alpha value is -3.77. The van der Waals surface area contributed by atoms with Gasteiger partial charge in [0.15, 0.2) is 0 Å². The van der Waals surface area contributed by atoms with Gasteiger partial charge in [-0.15, -0.1) is 0 Å². The van der Waals surface area contributed by atoms with E-state index in [9.17, 15) is 8.42 Å². The zero-order valence-electron chi connectivity index (χ0n) is 19.6. The van der Waals surface area contributed by atoms with Gasteiger partial charge in [-0.25, -0.2) is 8.42 Å². The lowest BCUT2D eigenvalue weighted by Gasteiger charge is -2.21. The lowest BCUT2D eigenvalue weighted by Crippen LogP contribution is -2.16. The molecule has 0 fully saturated rings. The summed E-state index contributed by atoms with van der Waals surface area (Å²) in [6, 6.07) is 25.0. The van der Waals surface area contributed by atoms with Gasteiger partial charge in [0.05, 0.1) is 34.4 Å². The van der Waals surface area contributed by atoms with Crippen LogP contribution in [0.25, 0.3) is 27.5 Å². The first-order valence-corrected chi connectivity index (χ1v) is 12.6. The highest BCUT2D eigenvalue weighted by atomic mass is 32.2. The molecule has 0 amide bonds. The third-order valence-corrected chi connectivity index (χ3v) is 7.63. The van der Waals surface area contributed by atoms with Crippen LogP contribution in [0.2, 0.25) is 0 Å². The molecular weight excluding hydrogens is 444 g/mol. The average Bonchev–Trinajstić information content (AvgIpc) is 3.14. The van der Waals surface area contributed by atoms with Gasteiger partial charge in [-0.3, -0.25) is 4.72 Å². The van der Waals surface area contributed by atoms with E-state index >= 15 is 0 Å². The minimum absolute atomic E-state index is 0.220. The maximum Gasteiger partial charge on any atom is 0.261 e. The molecule has 0 atom stereocenters. The molecule has 0 bridgehead atoms. The Kier molecular flexibility index (Phi) is 5.33. The second-order valence-corrected chi connectivity index (χ2v) is 10.2. The molecule has 0 spiro atoms. The Morgan fingerprint density at radius 1 is 0.794 bits per heavy atom. The third kappa shape index (κ3) is 3.51. The largest absolute Gasteiger partial charge is 0.496 e. The highest BCUT2D eigenvalue weighted by molar-refractivity contribution is 7.92. The fourth-order valence-corrected chi connectivity index (χ4v) is 5.78. The number of para-hydroxylation sites is 2. The van der Waals surface area contributed by atoms with Gasteiger partial charge in [-0.2, -0.15) is 0 Å². The van der Waals surface area contributed by atoms with Crippen LogP contribution in [0.3, 0.4) is 0 Å². The summed E-state index contributed by atoms with van der Waals surface area (Å²) >= 11 is 0. The van der Waals surface area contributed by atoms with Crippen LogP contribution in [-0.4, -0.2) is 20.1 Å². The fourth-order valence-electron chi connectivity index (χ4n) is 4.72. The van der Waals surface area contributed by atoms with Crippen molar-refractivity contribution in [2.45, 2.75) is 25.7 Å². The molecule has 6 heteroatoms. The van der Waals surface area contributed by atoms with E-state index < -0.39 is 10.0 Å². The van der Waals surface area contributed by atoms with Gasteiger partial charge in [0.2, 0.25) is 0 Å². The number of hydrogen-bond acceptors (Lipinski definition) is 3. The highest BCUT2D eigenvalue weighted by Gasteiger charge is 2.23. The van der Waals surface area contributed by atoms with E-state index in [2.05, 4.69) is 33.6 Å². The van der Waals surface area contributed by atoms with Crippen LogP contribution in [0.5, 0.6) is 5.75 Å². The van der Waals surface area contributed by atoms with Crippen molar-refractivity contribution in [1.29, 1.82) is 0 Å². The molecule has 1 aromatic heterocycles. The summed E-state index contributed by atoms with van der Waals surface area (Å²) in [5, 5.41) is 2.20. The van der Waals surface area contributed by atoms with Crippen molar-refractivity contribution in [1.82, 2.24) is 4.57 Å². The van der Waals surface area contributed by atoms with Crippen LogP contribution in [0.4, 0.5) is 5.69 Å². The summed E-state index contributed by atoms with van der Waals surface area (Å²) in [5.41, 5.74) is 5.95. The molecule has 172 valence electrons. The van der Waals surface area contributed by atoms with Crippen LogP contribution in [-0.2, 0) is 10.0 Å². The maximum atomic E-state index is 13.4. The molecule has 1 heterocycles. The minimum Gasteiger partial charge on any atom is -0.496 e. The molecule has 0 aliphatic rings. The molecule has 5 aromatic rings. The number of rotatable bonds is 5. The van der Waals surface area contributed by atoms with Gasteiger partial charge >= 0.3 is 0 Å². The number of anilines is 1. The van der Waals surface area contributed by atoms with Gasteiger partial charge < -0.3 is 9.30 Å². The standard InChI is InChI=1S/C28H26N2O3S/c1-18-13-15-21(16-14-18)34(31,32)29-24-17-19(2)28(33-4)20(3)27(24)30-25-11-7-5-9-22(25)23-10-6-8-12-26(23)30/h5-17,29H,1-4H3. The van der Waals surface area contributed by atoms with Crippen LogP contribution in [0.1, 0.15) is 16.7 Å². The summed E-state index contributed by atoms with van der Waals surface area (Å²) in [6.07, 6.45) is 0. The van der Waals surface area contributed by atoms with Crippen molar-refractivity contribution in [3.05, 3.63) is 95.6 Å². The number of benzene rings is 4. The molecule has 0 aliphatic carbocycles. The molecule has 1 N–H and O–H groups in total. The van der Waals surface area contributed by atoms with Crippen molar-refractivity contribution < 1.29 is 13.2 Å². The number of fused-ring (bicyclic) bond motifs is 3. The molecule has 5 nitrogen and oxygen atoms in total. The molecule has 4 aromatic carbocycles. The number of sulfonamides is 1. The summed E-state index contributed by atoms with van der Waals surface area (Å²) < 4.78 is 37.5. The van der Waals surface area contributed by atoms with Crippen molar-refractivity contribution in [2.24, 2.45) is 0 Å². The van der Waals surface area contributed by atoms with Crippen molar-refractivity contribution in [2.75, 3.05) is 11.8 Å². The fraction of sp³-hybridized carbons (Fsp3) is 0.143. The van der Waals surface area contributed by atoms with Crippen LogP contribution < -0.4 is 9.46 Å². The van der Waals surface area contributed by atoms with E-state index in [1.165, 1.54) is 0 Å². The van der Waals surface area contributed by atoms with Crippen LogP contribution in [0.15, 0.2) is 83.8 Å². The van der Waals surface area contributed by atoms with Gasteiger partial charge in [-0.1, -0.05) is 54.1 Å². The molecule has 5 rings (SSSR count). The van der Waals surface area contributed by atoms with E-state index in [0.717, 1.165) is 49.9 Å². The maximum absolute atomic E-state index is 13.4. The van der Waals surface area contributed by atoms with Gasteiger partial charge in [0.25, 0.3) is 10.0 Å². The van der Waals surface area contributed by atoms with Crippen LogP contribution in [0, 0.1) is 20.8 Å². The van der Waals surface area contributed by atoms with Crippen molar-refractivity contribution in [3.63, 3.8) is 0 Å². The summed E-state index contributed by atoms with van der Waals surface area (Å²) in [6.45, 7) is 5.82. The minimum atomic E-state index is -3.81. The Morgan fingerprint density at radius 3 is 1.91 bits per heavy atom. The number of hydrogen-bond donors (Lipinski definition) is 1. The predicted octanol–water partition coefficient (Wildman–Crippen LogP) is 6.52. The highest BCUT2D eigenvalue weighted by Crippen LogP contribution is 2.41. The Labute approximate surface area is 199 Å². The van der Waals surface area contributed by atoms with Gasteiger partial charge in [0.1, 0.15) is 5.75 Å². The van der Waals surface area contributed by atoms with Crippen LogP contribution >= 0.6 is 0 Å². The van der Waals surface area contributed by atoms with Crippen molar-refractivity contribution >= 4 is 37.5 Å². The lowest BCUT2D eigenvalue weighted by molar-refractivity contribution is 0.408. The Bertz CT molecular complexity index is 1600. The zero-order chi connectivity index (χ0) is 24.0. The van der Waals surface area contributed by atoms with E-state index in [1.54, 1.807) is 31.4 Å². The van der Waals surface area contributed by atoms with E-state index in [0.29, 0.717) is 5.69 Å². The van der Waals surface area contributed by atoms with Crippen molar-refractivity contribution in [3.8, 4) is 11.4 Å². The van der Waals surface area contributed by atoms with Gasteiger partial charge in [0, 0.05) is 16.3 Å². The summed E-state index contributed by atoms with van der Waals surface area (Å²) in [7, 11) is -2.17. The normalized spacial score (nSPS) is 11.8. The second kappa shape index (κ2) is 8.22. The molecular formula is C28H26N2O3S. The summed E-state index contributed by atoms with van der Waals surface area (Å²) in [5.74, 6) is 0.732. The number of methoxy groups -OCH3 is 1. The second-order valence-electron chi connectivity index (χ2n) is 8.54. The predicted molar refractivity (Wildman–Crippen MR) is 139 cm³/mol. The molecule has 0 saturated heterocycles. The number of nitrogens with one attached hydrogen (secondary N) is 1. The number of ether oxygens (including phenoxy) is 1. The van der Waals surface area contributed by atoms with Gasteiger partial charge in [-0.05, 0) is 56.7 Å². The van der Waals surface area contributed by atoms with E-state index in [-0.39, 0.29) is 4.90 Å². The Morgan fingerprint density at radius 2 is 1.35 bits per heavy atom. The first-order valence-electron chi connectivity index (χ1n) is 11.1. The molecule has 0 radical (unpaired) electrons. The zero-order valence-corrected chi connectivity index (χ0v) is 20.4. The van der Waals surface area contributed by atoms with E-state index in [1.807, 2.05) is 51.1 Å². The topological polar surface area (TPSA) is 60.3 Å². The SMILES string of the molecule is COc1c(C)cc(NS(=O)(=O)c2ccc(C)cc2)c(-n2c3ccccc3c3ccccc32)c1C. The summed E-state index contributed by atoms with van der Waals surface area (Å²) in [4.78, 5) is 0.220. The quantitative estimate of drug-likeness (QED) is 0.318. The molecule has 0 aliphatic heterocycles. The number of aryl methyl sites for hydroxylation is 2. The van der Waals surface area contributed by atoms with E-state index in [4.69, 9.17) is 4.74 Å². The first kappa shape index (κ1) is 22.0. The Balaban J connectivity index is 1.82. The smallest absolute Gasteiger partial charge is 0.261 e.